The molecule has 2 bridgehead atoms. The minimum absolute atomic E-state index is 0.0750. The van der Waals surface area contributed by atoms with Crippen LogP contribution in [0.5, 0.6) is 28.7 Å². The van der Waals surface area contributed by atoms with E-state index in [0.717, 1.165) is 39.1 Å². The minimum atomic E-state index is -2.37. The number of amides is 1. The van der Waals surface area contributed by atoms with Gasteiger partial charge in [0.1, 0.15) is 12.4 Å². The van der Waals surface area contributed by atoms with Crippen LogP contribution in [0.25, 0.3) is 6.08 Å². The number of benzene rings is 3. The molecule has 0 aliphatic carbocycles. The first-order valence-corrected chi connectivity index (χ1v) is 19.8. The fraction of sp³-hybridized carbons (Fsp3) is 0.462. The van der Waals surface area contributed by atoms with Gasteiger partial charge < -0.3 is 33.4 Å². The Hall–Kier alpha value is -3.99. The van der Waals surface area contributed by atoms with E-state index in [1.165, 1.54) is 0 Å². The van der Waals surface area contributed by atoms with E-state index >= 15 is 0 Å². The van der Waals surface area contributed by atoms with Gasteiger partial charge in [-0.3, -0.25) is 9.69 Å². The summed E-state index contributed by atoms with van der Waals surface area (Å²) in [5.41, 5.74) is 7.04. The minimum Gasteiger partial charge on any atom is -0.543 e. The normalized spacial score (nSPS) is 20.2. The number of carbonyl (C=O) groups is 1. The van der Waals surface area contributed by atoms with Gasteiger partial charge in [-0.05, 0) is 68.2 Å². The molecule has 6 rings (SSSR count). The number of fused-ring (bicyclic) bond motifs is 7. The maximum absolute atomic E-state index is 14.6. The summed E-state index contributed by atoms with van der Waals surface area (Å²) in [5.74, 6) is 2.99. The number of rotatable bonds is 9. The van der Waals surface area contributed by atoms with Gasteiger partial charge in [0.2, 0.25) is 5.91 Å². The van der Waals surface area contributed by atoms with Crippen molar-refractivity contribution in [2.45, 2.75) is 83.9 Å². The first kappa shape index (κ1) is 34.9. The highest BCUT2D eigenvalue weighted by Gasteiger charge is 2.53. The number of carbonyl (C=O) groups excluding carboxylic acids is 1. The molecular weight excluding hydrogens is 637 g/mol. The predicted octanol–water partition coefficient (Wildman–Crippen LogP) is 7.12. The molecule has 0 saturated carbocycles. The monoisotopic (exact) mass is 686 g/mol. The van der Waals surface area contributed by atoms with Crippen molar-refractivity contribution in [3.05, 3.63) is 81.0 Å². The van der Waals surface area contributed by atoms with Crippen LogP contribution < -0.4 is 23.4 Å². The van der Waals surface area contributed by atoms with Crippen LogP contribution in [0.3, 0.4) is 0 Å². The Bertz CT molecular complexity index is 1810. The second-order valence-electron chi connectivity index (χ2n) is 14.9. The lowest BCUT2D eigenvalue weighted by molar-refractivity contribution is -0.144. The fourth-order valence-corrected chi connectivity index (χ4v) is 8.54. The Kier molecular flexibility index (Phi) is 9.04. The van der Waals surface area contributed by atoms with Crippen LogP contribution in [0.4, 0.5) is 0 Å². The average molecular weight is 687 g/mol. The van der Waals surface area contributed by atoms with Crippen molar-refractivity contribution in [1.29, 1.82) is 0 Å². The second kappa shape index (κ2) is 12.7. The van der Waals surface area contributed by atoms with E-state index < -0.39 is 20.4 Å². The van der Waals surface area contributed by atoms with E-state index in [0.29, 0.717) is 47.3 Å². The number of aryl methyl sites for hydroxylation is 1. The summed E-state index contributed by atoms with van der Waals surface area (Å²) >= 11 is 0. The van der Waals surface area contributed by atoms with Gasteiger partial charge in [-0.1, -0.05) is 57.2 Å². The van der Waals surface area contributed by atoms with Gasteiger partial charge in [0.25, 0.3) is 8.32 Å². The molecule has 9 nitrogen and oxygen atoms in total. The molecule has 3 aromatic rings. The van der Waals surface area contributed by atoms with Gasteiger partial charge in [0.15, 0.2) is 23.0 Å². The highest BCUT2D eigenvalue weighted by molar-refractivity contribution is 6.74. The Morgan fingerprint density at radius 1 is 0.918 bits per heavy atom. The van der Waals surface area contributed by atoms with Crippen LogP contribution in [0.2, 0.25) is 18.1 Å². The van der Waals surface area contributed by atoms with Crippen LogP contribution in [-0.4, -0.2) is 70.2 Å². The largest absolute Gasteiger partial charge is 0.543 e. The summed E-state index contributed by atoms with van der Waals surface area (Å²) in [6.45, 7) is 15.1. The van der Waals surface area contributed by atoms with E-state index in [9.17, 15) is 9.90 Å². The molecule has 10 heteroatoms. The molecule has 1 fully saturated rings. The lowest BCUT2D eigenvalue weighted by Crippen LogP contribution is -2.60. The summed E-state index contributed by atoms with van der Waals surface area (Å²) < 4.78 is 31.8. The topological polar surface area (TPSA) is 89.9 Å². The van der Waals surface area contributed by atoms with Crippen LogP contribution >= 0.6 is 0 Å². The molecule has 0 unspecified atom stereocenters. The van der Waals surface area contributed by atoms with Crippen LogP contribution in [0, 0.1) is 13.8 Å². The summed E-state index contributed by atoms with van der Waals surface area (Å²) in [6, 6.07) is 10.7. The van der Waals surface area contributed by atoms with E-state index in [-0.39, 0.29) is 23.6 Å². The van der Waals surface area contributed by atoms with Crippen molar-refractivity contribution >= 4 is 20.3 Å². The summed E-state index contributed by atoms with van der Waals surface area (Å²) in [6.07, 6.45) is 2.56. The smallest absolute Gasteiger partial charge is 0.250 e. The van der Waals surface area contributed by atoms with Crippen LogP contribution in [0.1, 0.15) is 71.8 Å². The molecule has 0 radical (unpaired) electrons. The van der Waals surface area contributed by atoms with E-state index in [2.05, 4.69) is 50.9 Å². The zero-order valence-corrected chi connectivity index (χ0v) is 31.7. The Labute approximate surface area is 291 Å². The van der Waals surface area contributed by atoms with Crippen molar-refractivity contribution in [2.75, 3.05) is 35.0 Å². The van der Waals surface area contributed by atoms with Crippen molar-refractivity contribution in [3.63, 3.8) is 0 Å². The first-order valence-electron chi connectivity index (χ1n) is 16.9. The van der Waals surface area contributed by atoms with Crippen LogP contribution in [0.15, 0.2) is 42.1 Å². The van der Waals surface area contributed by atoms with Gasteiger partial charge in [0.05, 0.1) is 46.1 Å². The van der Waals surface area contributed by atoms with Gasteiger partial charge in [-0.15, -0.1) is 0 Å². The number of likely N-dealkylation sites (N-methyl/N-ethyl adjacent to an activating group) is 1. The average Bonchev–Trinajstić information content (AvgIpc) is 3.06. The van der Waals surface area contributed by atoms with Gasteiger partial charge in [-0.25, -0.2) is 0 Å². The standard InChI is InChI=1S/C39H50N2O7Si/c1-22-17-25-18-28-38(43)41-27(32(40(28)6)30(25)37(33(22)44-7)47-21-24-15-13-12-14-16-24)19-26-31(29(41)20-42)36(46-9)35(45-8)23(2)34(26)48-49(10,11)39(3,4)5/h12-17,19,28-29,32,42H,18,20-21H2,1-11H3/t28-,29-,32-/m0/s1. The molecule has 1 amide bonds. The highest BCUT2D eigenvalue weighted by atomic mass is 28.4. The maximum Gasteiger partial charge on any atom is 0.250 e. The predicted molar refractivity (Wildman–Crippen MR) is 193 cm³/mol. The third-order valence-electron chi connectivity index (χ3n) is 11.0. The lowest BCUT2D eigenvalue weighted by atomic mass is 9.78. The zero-order chi connectivity index (χ0) is 35.6. The lowest BCUT2D eigenvalue weighted by Gasteiger charge is -2.53. The zero-order valence-electron chi connectivity index (χ0n) is 30.7. The molecule has 1 saturated heterocycles. The molecule has 1 N–H and O–H groups in total. The fourth-order valence-electron chi connectivity index (χ4n) is 7.46. The van der Waals surface area contributed by atoms with E-state index in [1.54, 1.807) is 26.2 Å². The second-order valence-corrected chi connectivity index (χ2v) is 19.6. The number of aliphatic hydroxyl groups is 1. The van der Waals surface area contributed by atoms with E-state index in [4.69, 9.17) is 23.4 Å². The number of piperazine rings is 1. The number of hydrogen-bond donors (Lipinski definition) is 1. The Morgan fingerprint density at radius 3 is 2.16 bits per heavy atom. The molecule has 0 aromatic heterocycles. The molecule has 3 aliphatic rings. The number of methoxy groups -OCH3 is 3. The van der Waals surface area contributed by atoms with Crippen molar-refractivity contribution < 1.29 is 33.3 Å². The number of ether oxygens (including phenoxy) is 4. The molecule has 3 aliphatic heterocycles. The molecule has 262 valence electrons. The molecule has 49 heavy (non-hydrogen) atoms. The van der Waals surface area contributed by atoms with E-state index in [1.807, 2.05) is 51.2 Å². The highest BCUT2D eigenvalue weighted by Crippen LogP contribution is 2.58. The Morgan fingerprint density at radius 2 is 1.57 bits per heavy atom. The summed E-state index contributed by atoms with van der Waals surface area (Å²) in [7, 11) is 4.50. The quantitative estimate of drug-likeness (QED) is 0.238. The Balaban J connectivity index is 1.64. The van der Waals surface area contributed by atoms with Gasteiger partial charge in [-0.2, -0.15) is 0 Å². The summed E-state index contributed by atoms with van der Waals surface area (Å²) in [4.78, 5) is 18.5. The number of hydrogen-bond acceptors (Lipinski definition) is 8. The molecular formula is C39H50N2O7Si. The number of aliphatic hydroxyl groups excluding tert-OH is 1. The number of nitrogens with zero attached hydrogens (tertiary/aromatic N) is 2. The van der Waals surface area contributed by atoms with Crippen molar-refractivity contribution in [2.24, 2.45) is 0 Å². The molecule has 3 heterocycles. The van der Waals surface area contributed by atoms with Crippen molar-refractivity contribution in [1.82, 2.24) is 9.80 Å². The first-order chi connectivity index (χ1) is 23.2. The maximum atomic E-state index is 14.6. The third kappa shape index (κ3) is 5.48. The van der Waals surface area contributed by atoms with Gasteiger partial charge in [0, 0.05) is 28.0 Å². The molecule has 0 spiro atoms. The van der Waals surface area contributed by atoms with Crippen LogP contribution in [-0.2, 0) is 17.8 Å². The molecule has 3 atom stereocenters. The summed E-state index contributed by atoms with van der Waals surface area (Å²) in [5, 5.41) is 11.1. The third-order valence-corrected chi connectivity index (χ3v) is 15.3. The molecule has 3 aromatic carbocycles. The SMILES string of the molecule is COc1c(C)cc2c(c1OCc1ccccc1)[C@@H]1C3=Cc4c(O[Si](C)(C)C(C)(C)C)c(C)c(OC)c(OC)c4[C@H](CO)N3C(=O)[C@H](C2)N1C. The van der Waals surface area contributed by atoms with Gasteiger partial charge >= 0.3 is 0 Å². The van der Waals surface area contributed by atoms with Crippen molar-refractivity contribution in [3.8, 4) is 28.7 Å².